The minimum Gasteiger partial charge on any atom is -0.385 e. The second-order valence-corrected chi connectivity index (χ2v) is 4.98. The zero-order valence-electron chi connectivity index (χ0n) is 12.5. The summed E-state index contributed by atoms with van der Waals surface area (Å²) in [5, 5.41) is 6.01. The van der Waals surface area contributed by atoms with E-state index in [9.17, 15) is 9.18 Å². The molecule has 0 heterocycles. The molecule has 2 rings (SSSR count). The molecule has 0 fully saturated rings. The summed E-state index contributed by atoms with van der Waals surface area (Å²) in [6, 6.07) is 10.0. The van der Waals surface area contributed by atoms with Gasteiger partial charge in [0, 0.05) is 23.5 Å². The van der Waals surface area contributed by atoms with E-state index in [1.165, 1.54) is 6.07 Å². The molecule has 0 atom stereocenters. The van der Waals surface area contributed by atoms with Crippen molar-refractivity contribution >= 4 is 17.3 Å². The number of aryl methyl sites for hydroxylation is 2. The Kier molecular flexibility index (Phi) is 4.58. The number of benzene rings is 2. The van der Waals surface area contributed by atoms with Gasteiger partial charge in [-0.1, -0.05) is 0 Å². The Labute approximate surface area is 124 Å². The first-order chi connectivity index (χ1) is 10.0. The van der Waals surface area contributed by atoms with Crippen LogP contribution in [0.2, 0.25) is 0 Å². The van der Waals surface area contributed by atoms with Crippen LogP contribution in [0.15, 0.2) is 36.4 Å². The molecular weight excluding hydrogens is 267 g/mol. The third kappa shape index (κ3) is 3.60. The lowest BCUT2D eigenvalue weighted by Gasteiger charge is -2.10. The molecule has 2 aromatic carbocycles. The van der Waals surface area contributed by atoms with Gasteiger partial charge in [0.15, 0.2) is 0 Å². The smallest absolute Gasteiger partial charge is 0.255 e. The Hall–Kier alpha value is -2.36. The number of amides is 1. The zero-order chi connectivity index (χ0) is 15.4. The van der Waals surface area contributed by atoms with Crippen molar-refractivity contribution in [3.8, 4) is 0 Å². The molecule has 0 radical (unpaired) electrons. The summed E-state index contributed by atoms with van der Waals surface area (Å²) in [4.78, 5) is 12.2. The first kappa shape index (κ1) is 15.0. The molecule has 21 heavy (non-hydrogen) atoms. The molecular formula is C17H19FN2O. The Balaban J connectivity index is 2.16. The summed E-state index contributed by atoms with van der Waals surface area (Å²) in [5.74, 6) is -0.481. The molecule has 2 aromatic rings. The first-order valence-corrected chi connectivity index (χ1v) is 6.93. The van der Waals surface area contributed by atoms with Gasteiger partial charge in [-0.3, -0.25) is 4.79 Å². The van der Waals surface area contributed by atoms with E-state index in [4.69, 9.17) is 0 Å². The maximum atomic E-state index is 13.2. The minimum atomic E-state index is -0.279. The predicted molar refractivity (Wildman–Crippen MR) is 84.4 cm³/mol. The summed E-state index contributed by atoms with van der Waals surface area (Å²) in [7, 11) is 0. The normalized spacial score (nSPS) is 10.3. The lowest BCUT2D eigenvalue weighted by Crippen LogP contribution is -2.12. The van der Waals surface area contributed by atoms with Crippen molar-refractivity contribution in [3.63, 3.8) is 0 Å². The van der Waals surface area contributed by atoms with Crippen molar-refractivity contribution in [3.05, 3.63) is 58.9 Å². The topological polar surface area (TPSA) is 41.1 Å². The van der Waals surface area contributed by atoms with Gasteiger partial charge in [-0.15, -0.1) is 0 Å². The molecule has 0 bridgehead atoms. The Morgan fingerprint density at radius 3 is 2.48 bits per heavy atom. The second-order valence-electron chi connectivity index (χ2n) is 4.98. The molecule has 0 aliphatic carbocycles. The maximum Gasteiger partial charge on any atom is 0.255 e. The van der Waals surface area contributed by atoms with E-state index in [2.05, 4.69) is 10.6 Å². The fourth-order valence-corrected chi connectivity index (χ4v) is 2.12. The highest BCUT2D eigenvalue weighted by molar-refractivity contribution is 6.04. The van der Waals surface area contributed by atoms with Crippen LogP contribution < -0.4 is 10.6 Å². The van der Waals surface area contributed by atoms with Crippen LogP contribution >= 0.6 is 0 Å². The molecule has 4 heteroatoms. The van der Waals surface area contributed by atoms with Gasteiger partial charge in [0.1, 0.15) is 5.82 Å². The number of carbonyl (C=O) groups excluding carboxylic acids is 1. The van der Waals surface area contributed by atoms with Crippen LogP contribution in [0.1, 0.15) is 28.4 Å². The van der Waals surface area contributed by atoms with Crippen LogP contribution in [0, 0.1) is 19.7 Å². The number of carbonyl (C=O) groups is 1. The molecule has 2 N–H and O–H groups in total. The van der Waals surface area contributed by atoms with Gasteiger partial charge in [0.25, 0.3) is 5.91 Å². The summed E-state index contributed by atoms with van der Waals surface area (Å²) in [5.41, 5.74) is 3.71. The number of rotatable bonds is 4. The van der Waals surface area contributed by atoms with E-state index in [-0.39, 0.29) is 11.7 Å². The summed E-state index contributed by atoms with van der Waals surface area (Å²) in [6.07, 6.45) is 0. The molecule has 0 aromatic heterocycles. The van der Waals surface area contributed by atoms with Gasteiger partial charge in [-0.25, -0.2) is 4.39 Å². The molecule has 0 saturated heterocycles. The molecule has 0 saturated carbocycles. The van der Waals surface area contributed by atoms with E-state index in [1.807, 2.05) is 26.0 Å². The molecule has 1 amide bonds. The van der Waals surface area contributed by atoms with Crippen LogP contribution in [-0.4, -0.2) is 12.5 Å². The molecule has 3 nitrogen and oxygen atoms in total. The number of hydrogen-bond donors (Lipinski definition) is 2. The van der Waals surface area contributed by atoms with Gasteiger partial charge in [-0.05, 0) is 68.3 Å². The van der Waals surface area contributed by atoms with Gasteiger partial charge >= 0.3 is 0 Å². The average Bonchev–Trinajstić information content (AvgIpc) is 2.45. The van der Waals surface area contributed by atoms with Crippen LogP contribution in [0.5, 0.6) is 0 Å². The van der Waals surface area contributed by atoms with E-state index in [0.29, 0.717) is 16.8 Å². The fourth-order valence-electron chi connectivity index (χ4n) is 2.12. The maximum absolute atomic E-state index is 13.2. The van der Waals surface area contributed by atoms with E-state index >= 15 is 0 Å². The standard InChI is InChI=1S/C17H19FN2O/c1-4-19-16-8-5-13(9-12(16)3)17(21)20-14-6-7-15(18)11(2)10-14/h5-10,19H,4H2,1-3H3,(H,20,21). The summed E-state index contributed by atoms with van der Waals surface area (Å²) < 4.78 is 13.2. The van der Waals surface area contributed by atoms with Gasteiger partial charge in [0.05, 0.1) is 0 Å². The highest BCUT2D eigenvalue weighted by atomic mass is 19.1. The van der Waals surface area contributed by atoms with E-state index < -0.39 is 0 Å². The average molecular weight is 286 g/mol. The minimum absolute atomic E-state index is 0.202. The third-order valence-electron chi connectivity index (χ3n) is 3.27. The van der Waals surface area contributed by atoms with E-state index in [1.54, 1.807) is 25.1 Å². The molecule has 0 unspecified atom stereocenters. The van der Waals surface area contributed by atoms with Gasteiger partial charge in [-0.2, -0.15) is 0 Å². The van der Waals surface area contributed by atoms with Crippen molar-refractivity contribution in [2.24, 2.45) is 0 Å². The van der Waals surface area contributed by atoms with Crippen molar-refractivity contribution in [2.75, 3.05) is 17.2 Å². The second kappa shape index (κ2) is 6.39. The van der Waals surface area contributed by atoms with Crippen molar-refractivity contribution in [1.29, 1.82) is 0 Å². The molecule has 110 valence electrons. The Morgan fingerprint density at radius 1 is 1.10 bits per heavy atom. The van der Waals surface area contributed by atoms with Crippen molar-refractivity contribution in [2.45, 2.75) is 20.8 Å². The Morgan fingerprint density at radius 2 is 1.86 bits per heavy atom. The van der Waals surface area contributed by atoms with Gasteiger partial charge < -0.3 is 10.6 Å². The van der Waals surface area contributed by atoms with Crippen LogP contribution in [0.3, 0.4) is 0 Å². The number of hydrogen-bond acceptors (Lipinski definition) is 2. The van der Waals surface area contributed by atoms with E-state index in [0.717, 1.165) is 17.8 Å². The van der Waals surface area contributed by atoms with Crippen LogP contribution in [0.25, 0.3) is 0 Å². The SMILES string of the molecule is CCNc1ccc(C(=O)Nc2ccc(F)c(C)c2)cc1C. The number of anilines is 2. The van der Waals surface area contributed by atoms with Crippen LogP contribution in [0.4, 0.5) is 15.8 Å². The highest BCUT2D eigenvalue weighted by Crippen LogP contribution is 2.18. The number of nitrogens with one attached hydrogen (secondary N) is 2. The van der Waals surface area contributed by atoms with Gasteiger partial charge in [0.2, 0.25) is 0 Å². The van der Waals surface area contributed by atoms with Crippen molar-refractivity contribution in [1.82, 2.24) is 0 Å². The monoisotopic (exact) mass is 286 g/mol. The van der Waals surface area contributed by atoms with Crippen molar-refractivity contribution < 1.29 is 9.18 Å². The number of halogens is 1. The Bertz CT molecular complexity index is 668. The fraction of sp³-hybridized carbons (Fsp3) is 0.235. The van der Waals surface area contributed by atoms with Crippen LogP contribution in [-0.2, 0) is 0 Å². The highest BCUT2D eigenvalue weighted by Gasteiger charge is 2.09. The zero-order valence-corrected chi connectivity index (χ0v) is 12.5. The first-order valence-electron chi connectivity index (χ1n) is 6.93. The largest absolute Gasteiger partial charge is 0.385 e. The predicted octanol–water partition coefficient (Wildman–Crippen LogP) is 4.13. The quantitative estimate of drug-likeness (QED) is 0.887. The lowest BCUT2D eigenvalue weighted by molar-refractivity contribution is 0.102. The molecule has 0 spiro atoms. The lowest BCUT2D eigenvalue weighted by atomic mass is 10.1. The third-order valence-corrected chi connectivity index (χ3v) is 3.27. The molecule has 0 aliphatic rings. The summed E-state index contributed by atoms with van der Waals surface area (Å²) >= 11 is 0. The summed E-state index contributed by atoms with van der Waals surface area (Å²) in [6.45, 7) is 6.48. The molecule has 0 aliphatic heterocycles.